The normalized spacial score (nSPS) is 11.8. The molecular formula is C23H30N4O4S. The molecule has 0 aliphatic heterocycles. The summed E-state index contributed by atoms with van der Waals surface area (Å²) in [4.78, 5) is 17.5. The second-order valence-corrected chi connectivity index (χ2v) is 9.87. The lowest BCUT2D eigenvalue weighted by molar-refractivity contribution is -0.116. The molecule has 3 rings (SSSR count). The van der Waals surface area contributed by atoms with Gasteiger partial charge >= 0.3 is 0 Å². The van der Waals surface area contributed by atoms with Crippen LogP contribution in [0.1, 0.15) is 32.0 Å². The van der Waals surface area contributed by atoms with Crippen LogP contribution >= 0.6 is 0 Å². The van der Waals surface area contributed by atoms with Gasteiger partial charge in [-0.15, -0.1) is 0 Å². The maximum Gasteiger partial charge on any atom is 0.242 e. The summed E-state index contributed by atoms with van der Waals surface area (Å²) in [5.74, 6) is 1.23. The summed E-state index contributed by atoms with van der Waals surface area (Å²) in [7, 11) is 1.02. The molecule has 0 aliphatic rings. The molecule has 1 aromatic heterocycles. The number of unbranched alkanes of at least 4 members (excludes halogenated alkanes) is 1. The number of benzene rings is 2. The van der Waals surface area contributed by atoms with Crippen molar-refractivity contribution in [3.8, 4) is 5.75 Å². The molecule has 32 heavy (non-hydrogen) atoms. The van der Waals surface area contributed by atoms with Gasteiger partial charge in [-0.05, 0) is 36.8 Å². The molecule has 2 aromatic carbocycles. The van der Waals surface area contributed by atoms with Crippen molar-refractivity contribution >= 4 is 32.7 Å². The third kappa shape index (κ3) is 5.11. The first kappa shape index (κ1) is 23.7. The number of ether oxygens (including phenoxy) is 1. The number of sulfonamides is 1. The standard InChI is InChI=1S/C23H30N4O4S/c1-5-6-15-27-20-12-11-17(32(29,30)26(2)3)16-19(20)24-22(27)13-14-23(28)25-18-9-7-8-10-21(18)31-4/h7-12,16H,5-6,13-15H2,1-4H3,(H,25,28). The van der Waals surface area contributed by atoms with Crippen LogP contribution in [0.15, 0.2) is 47.4 Å². The highest BCUT2D eigenvalue weighted by Gasteiger charge is 2.20. The number of aromatic nitrogens is 2. The van der Waals surface area contributed by atoms with E-state index in [2.05, 4.69) is 21.8 Å². The van der Waals surface area contributed by atoms with Gasteiger partial charge in [0.1, 0.15) is 11.6 Å². The lowest BCUT2D eigenvalue weighted by Gasteiger charge is -2.12. The van der Waals surface area contributed by atoms with Crippen LogP contribution < -0.4 is 10.1 Å². The van der Waals surface area contributed by atoms with Crippen molar-refractivity contribution in [1.82, 2.24) is 13.9 Å². The van der Waals surface area contributed by atoms with Gasteiger partial charge in [-0.2, -0.15) is 0 Å². The van der Waals surface area contributed by atoms with Crippen LogP contribution in [0.4, 0.5) is 5.69 Å². The molecular weight excluding hydrogens is 428 g/mol. The number of anilines is 1. The molecule has 172 valence electrons. The minimum Gasteiger partial charge on any atom is -0.495 e. The van der Waals surface area contributed by atoms with Crippen molar-refractivity contribution in [2.45, 2.75) is 44.0 Å². The van der Waals surface area contributed by atoms with E-state index < -0.39 is 10.0 Å². The Kier molecular flexibility index (Phi) is 7.52. The van der Waals surface area contributed by atoms with Crippen molar-refractivity contribution in [2.24, 2.45) is 0 Å². The Morgan fingerprint density at radius 3 is 2.62 bits per heavy atom. The Hall–Kier alpha value is -2.91. The highest BCUT2D eigenvalue weighted by Crippen LogP contribution is 2.25. The fraction of sp³-hybridized carbons (Fsp3) is 0.391. The average molecular weight is 459 g/mol. The molecule has 0 saturated heterocycles. The Balaban J connectivity index is 1.85. The van der Waals surface area contributed by atoms with Crippen LogP contribution in [0.25, 0.3) is 11.0 Å². The van der Waals surface area contributed by atoms with Gasteiger partial charge in [0.05, 0.1) is 28.7 Å². The Labute approximate surface area is 189 Å². The first-order valence-corrected chi connectivity index (χ1v) is 12.1. The summed E-state index contributed by atoms with van der Waals surface area (Å²) >= 11 is 0. The first-order chi connectivity index (χ1) is 15.3. The Bertz CT molecular complexity index is 1200. The third-order valence-corrected chi connectivity index (χ3v) is 7.08. The minimum atomic E-state index is -3.55. The number of fused-ring (bicyclic) bond motifs is 1. The molecule has 1 heterocycles. The molecule has 3 aromatic rings. The predicted octanol–water partition coefficient (Wildman–Crippen LogP) is 3.67. The second-order valence-electron chi connectivity index (χ2n) is 7.72. The Morgan fingerprint density at radius 2 is 1.94 bits per heavy atom. The van der Waals surface area contributed by atoms with E-state index in [1.165, 1.54) is 18.4 Å². The second kappa shape index (κ2) is 10.1. The number of aryl methyl sites for hydroxylation is 2. The molecule has 0 fully saturated rings. The number of imidazole rings is 1. The van der Waals surface area contributed by atoms with Gasteiger partial charge in [0.25, 0.3) is 0 Å². The average Bonchev–Trinajstić information content (AvgIpc) is 3.13. The van der Waals surface area contributed by atoms with Gasteiger partial charge in [0, 0.05) is 33.5 Å². The Morgan fingerprint density at radius 1 is 1.19 bits per heavy atom. The summed E-state index contributed by atoms with van der Waals surface area (Å²) in [5.41, 5.74) is 2.11. The molecule has 1 amide bonds. The number of carbonyl (C=O) groups excluding carboxylic acids is 1. The van der Waals surface area contributed by atoms with E-state index in [4.69, 9.17) is 4.74 Å². The fourth-order valence-corrected chi connectivity index (χ4v) is 4.40. The molecule has 0 aliphatic carbocycles. The van der Waals surface area contributed by atoms with Gasteiger partial charge in [-0.3, -0.25) is 4.79 Å². The van der Waals surface area contributed by atoms with E-state index in [1.807, 2.05) is 12.1 Å². The van der Waals surface area contributed by atoms with Gasteiger partial charge in [0.2, 0.25) is 15.9 Å². The zero-order valence-electron chi connectivity index (χ0n) is 19.0. The summed E-state index contributed by atoms with van der Waals surface area (Å²) in [6, 6.07) is 12.3. The van der Waals surface area contributed by atoms with Gasteiger partial charge < -0.3 is 14.6 Å². The lowest BCUT2D eigenvalue weighted by atomic mass is 10.2. The number of hydrogen-bond donors (Lipinski definition) is 1. The van der Waals surface area contributed by atoms with E-state index in [1.54, 1.807) is 37.4 Å². The van der Waals surface area contributed by atoms with Crippen LogP contribution in [-0.2, 0) is 27.8 Å². The quantitative estimate of drug-likeness (QED) is 0.500. The molecule has 0 radical (unpaired) electrons. The summed E-state index contributed by atoms with van der Waals surface area (Å²) in [6.07, 6.45) is 2.66. The fourth-order valence-electron chi connectivity index (χ4n) is 3.47. The van der Waals surface area contributed by atoms with Crippen LogP contribution in [0.3, 0.4) is 0 Å². The third-order valence-electron chi connectivity index (χ3n) is 5.27. The zero-order valence-corrected chi connectivity index (χ0v) is 19.8. The van der Waals surface area contributed by atoms with Gasteiger partial charge in [0.15, 0.2) is 0 Å². The summed E-state index contributed by atoms with van der Waals surface area (Å²) in [5, 5.41) is 2.88. The van der Waals surface area contributed by atoms with E-state index >= 15 is 0 Å². The van der Waals surface area contributed by atoms with Crippen LogP contribution in [0, 0.1) is 0 Å². The van der Waals surface area contributed by atoms with Gasteiger partial charge in [-0.1, -0.05) is 25.5 Å². The topological polar surface area (TPSA) is 93.5 Å². The maximum atomic E-state index is 12.6. The maximum absolute atomic E-state index is 12.6. The monoisotopic (exact) mass is 458 g/mol. The summed E-state index contributed by atoms with van der Waals surface area (Å²) in [6.45, 7) is 2.87. The number of nitrogens with one attached hydrogen (secondary N) is 1. The number of para-hydroxylation sites is 2. The lowest BCUT2D eigenvalue weighted by Crippen LogP contribution is -2.22. The number of carbonyl (C=O) groups is 1. The highest BCUT2D eigenvalue weighted by molar-refractivity contribution is 7.89. The van der Waals surface area contributed by atoms with Crippen molar-refractivity contribution in [3.05, 3.63) is 48.3 Å². The molecule has 0 atom stereocenters. The van der Waals surface area contributed by atoms with Crippen molar-refractivity contribution in [1.29, 1.82) is 0 Å². The molecule has 0 spiro atoms. The van der Waals surface area contributed by atoms with Crippen molar-refractivity contribution < 1.29 is 17.9 Å². The number of rotatable bonds is 10. The summed E-state index contributed by atoms with van der Waals surface area (Å²) < 4.78 is 33.6. The number of methoxy groups -OCH3 is 1. The van der Waals surface area contributed by atoms with E-state index in [9.17, 15) is 13.2 Å². The van der Waals surface area contributed by atoms with Gasteiger partial charge in [-0.25, -0.2) is 17.7 Å². The van der Waals surface area contributed by atoms with Crippen molar-refractivity contribution in [2.75, 3.05) is 26.5 Å². The molecule has 0 saturated carbocycles. The first-order valence-electron chi connectivity index (χ1n) is 10.6. The van der Waals surface area contributed by atoms with E-state index in [0.717, 1.165) is 30.7 Å². The largest absolute Gasteiger partial charge is 0.495 e. The van der Waals surface area contributed by atoms with Crippen LogP contribution in [0.5, 0.6) is 5.75 Å². The molecule has 9 heteroatoms. The number of nitrogens with zero attached hydrogens (tertiary/aromatic N) is 3. The SMILES string of the molecule is CCCCn1c(CCC(=O)Nc2ccccc2OC)nc2cc(S(=O)(=O)N(C)C)ccc21. The van der Waals surface area contributed by atoms with Crippen molar-refractivity contribution in [3.63, 3.8) is 0 Å². The molecule has 0 bridgehead atoms. The van der Waals surface area contributed by atoms with E-state index in [-0.39, 0.29) is 17.2 Å². The zero-order chi connectivity index (χ0) is 23.3. The minimum absolute atomic E-state index is 0.139. The molecule has 0 unspecified atom stereocenters. The molecule has 1 N–H and O–H groups in total. The predicted molar refractivity (Wildman–Crippen MR) is 125 cm³/mol. The van der Waals surface area contributed by atoms with Crippen LogP contribution in [-0.4, -0.2) is 49.4 Å². The molecule has 8 nitrogen and oxygen atoms in total. The number of hydrogen-bond acceptors (Lipinski definition) is 5. The number of amides is 1. The van der Waals surface area contributed by atoms with Crippen LogP contribution in [0.2, 0.25) is 0 Å². The van der Waals surface area contributed by atoms with E-state index in [0.29, 0.717) is 23.4 Å². The smallest absolute Gasteiger partial charge is 0.242 e. The highest BCUT2D eigenvalue weighted by atomic mass is 32.2.